The molecule has 0 aromatic carbocycles. The highest BCUT2D eigenvalue weighted by atomic mass is 16.1. The summed E-state index contributed by atoms with van der Waals surface area (Å²) in [5.74, 6) is 0.159. The third kappa shape index (κ3) is 5.37. The summed E-state index contributed by atoms with van der Waals surface area (Å²) in [5.41, 5.74) is 0. The Hall–Kier alpha value is -0.630. The van der Waals surface area contributed by atoms with Gasteiger partial charge >= 0.3 is 0 Å². The lowest BCUT2D eigenvalue weighted by molar-refractivity contribution is -0.116. The summed E-state index contributed by atoms with van der Waals surface area (Å²) in [6.07, 6.45) is 1.73. The van der Waals surface area contributed by atoms with E-state index in [1.807, 2.05) is 0 Å². The van der Waals surface area contributed by atoms with E-state index in [1.54, 1.807) is 13.0 Å². The van der Waals surface area contributed by atoms with Crippen LogP contribution in [0, 0.1) is 0 Å². The van der Waals surface area contributed by atoms with Crippen molar-refractivity contribution in [3.8, 4) is 0 Å². The Labute approximate surface area is 49.6 Å². The van der Waals surface area contributed by atoms with E-state index in [4.69, 9.17) is 0 Å². The number of carbonyl (C=O) groups is 1. The van der Waals surface area contributed by atoms with E-state index in [9.17, 15) is 4.79 Å². The molecule has 0 aliphatic rings. The Bertz CT molecular complexity index is 88.5. The van der Waals surface area contributed by atoms with Crippen molar-refractivity contribution in [2.45, 2.75) is 6.92 Å². The van der Waals surface area contributed by atoms with Crippen LogP contribution < -0.4 is 5.32 Å². The van der Waals surface area contributed by atoms with Crippen LogP contribution in [-0.2, 0) is 4.79 Å². The fourth-order valence-corrected chi connectivity index (χ4v) is 0.350. The highest BCUT2D eigenvalue weighted by molar-refractivity contribution is 5.77. The van der Waals surface area contributed by atoms with Crippen LogP contribution in [0.4, 0.5) is 0 Å². The first-order valence-corrected chi connectivity index (χ1v) is 2.58. The van der Waals surface area contributed by atoms with Gasteiger partial charge in [0.2, 0.25) is 0 Å². The molecule has 2 nitrogen and oxygen atoms in total. The first kappa shape index (κ1) is 7.37. The van der Waals surface area contributed by atoms with Gasteiger partial charge in [0.05, 0.1) is 6.54 Å². The zero-order valence-corrected chi connectivity index (χ0v) is 5.11. The summed E-state index contributed by atoms with van der Waals surface area (Å²) in [6, 6.07) is 0. The molecule has 0 aromatic rings. The van der Waals surface area contributed by atoms with Gasteiger partial charge in [0, 0.05) is 6.54 Å². The predicted molar refractivity (Wildman–Crippen MR) is 33.7 cm³/mol. The summed E-state index contributed by atoms with van der Waals surface area (Å²) in [7, 11) is 0. The van der Waals surface area contributed by atoms with Crippen LogP contribution in [-0.4, -0.2) is 18.9 Å². The molecule has 8 heavy (non-hydrogen) atoms. The van der Waals surface area contributed by atoms with Gasteiger partial charge in [-0.25, -0.2) is 0 Å². The van der Waals surface area contributed by atoms with Gasteiger partial charge in [-0.05, 0) is 6.92 Å². The number of Topliss-reactive ketones (excluding diaryl/α,β-unsaturated/α-hetero) is 1. The molecule has 0 fully saturated rings. The standard InChI is InChI=1S/C6H11NO/c1-3-4-7-5-6(2)8/h3,7H,1,4-5H2,2H3. The van der Waals surface area contributed by atoms with Crippen molar-refractivity contribution in [1.82, 2.24) is 5.32 Å². The normalized spacial score (nSPS) is 8.62. The summed E-state index contributed by atoms with van der Waals surface area (Å²) < 4.78 is 0. The Morgan fingerprint density at radius 3 is 2.88 bits per heavy atom. The van der Waals surface area contributed by atoms with Gasteiger partial charge in [-0.1, -0.05) is 6.08 Å². The highest BCUT2D eigenvalue weighted by Gasteiger charge is 1.86. The number of ketones is 1. The van der Waals surface area contributed by atoms with Crippen LogP contribution in [0.3, 0.4) is 0 Å². The maximum absolute atomic E-state index is 10.2. The minimum absolute atomic E-state index is 0.159. The first-order valence-electron chi connectivity index (χ1n) is 2.58. The largest absolute Gasteiger partial charge is 0.307 e. The average Bonchev–Trinajstić information content (AvgIpc) is 1.66. The first-order chi connectivity index (χ1) is 3.77. The number of rotatable bonds is 4. The van der Waals surface area contributed by atoms with Gasteiger partial charge in [0.1, 0.15) is 5.78 Å². The van der Waals surface area contributed by atoms with E-state index in [2.05, 4.69) is 11.9 Å². The molecular formula is C6H11NO. The van der Waals surface area contributed by atoms with Gasteiger partial charge in [-0.2, -0.15) is 0 Å². The van der Waals surface area contributed by atoms with E-state index in [-0.39, 0.29) is 5.78 Å². The minimum atomic E-state index is 0.159. The van der Waals surface area contributed by atoms with E-state index >= 15 is 0 Å². The Balaban J connectivity index is 2.93. The zero-order chi connectivity index (χ0) is 6.41. The summed E-state index contributed by atoms with van der Waals surface area (Å²) >= 11 is 0. The Kier molecular flexibility index (Phi) is 4.17. The molecule has 0 aliphatic carbocycles. The Morgan fingerprint density at radius 1 is 1.88 bits per heavy atom. The van der Waals surface area contributed by atoms with Crippen molar-refractivity contribution in [2.75, 3.05) is 13.1 Å². The minimum Gasteiger partial charge on any atom is -0.307 e. The van der Waals surface area contributed by atoms with Crippen LogP contribution in [0.5, 0.6) is 0 Å². The molecule has 0 saturated carbocycles. The topological polar surface area (TPSA) is 29.1 Å². The average molecular weight is 113 g/mol. The molecule has 0 spiro atoms. The lowest BCUT2D eigenvalue weighted by Gasteiger charge is -1.92. The molecule has 0 unspecified atom stereocenters. The molecule has 46 valence electrons. The van der Waals surface area contributed by atoms with E-state index in [0.29, 0.717) is 13.1 Å². The second-order valence-electron chi connectivity index (χ2n) is 1.62. The molecule has 0 saturated heterocycles. The zero-order valence-electron chi connectivity index (χ0n) is 5.11. The van der Waals surface area contributed by atoms with Crippen LogP contribution >= 0.6 is 0 Å². The van der Waals surface area contributed by atoms with Crippen molar-refractivity contribution < 1.29 is 4.79 Å². The van der Waals surface area contributed by atoms with Crippen LogP contribution in [0.15, 0.2) is 12.7 Å². The van der Waals surface area contributed by atoms with Crippen molar-refractivity contribution in [3.05, 3.63) is 12.7 Å². The van der Waals surface area contributed by atoms with Crippen LogP contribution in [0.2, 0.25) is 0 Å². The van der Waals surface area contributed by atoms with Crippen molar-refractivity contribution in [1.29, 1.82) is 0 Å². The van der Waals surface area contributed by atoms with E-state index in [1.165, 1.54) is 0 Å². The highest BCUT2D eigenvalue weighted by Crippen LogP contribution is 1.63. The molecule has 2 heteroatoms. The van der Waals surface area contributed by atoms with E-state index < -0.39 is 0 Å². The Morgan fingerprint density at radius 2 is 2.50 bits per heavy atom. The molecule has 0 aliphatic heterocycles. The number of carbonyl (C=O) groups excluding carboxylic acids is 1. The summed E-state index contributed by atoms with van der Waals surface area (Å²) in [5, 5.41) is 2.87. The fraction of sp³-hybridized carbons (Fsp3) is 0.500. The maximum atomic E-state index is 10.2. The monoisotopic (exact) mass is 113 g/mol. The molecule has 0 amide bonds. The molecule has 0 atom stereocenters. The molecule has 1 N–H and O–H groups in total. The van der Waals surface area contributed by atoms with Gasteiger partial charge in [-0.15, -0.1) is 6.58 Å². The third-order valence-corrected chi connectivity index (χ3v) is 0.663. The predicted octanol–water partition coefficient (Wildman–Crippen LogP) is 0.351. The lowest BCUT2D eigenvalue weighted by Crippen LogP contribution is -2.20. The van der Waals surface area contributed by atoms with Gasteiger partial charge in [0.25, 0.3) is 0 Å². The molecule has 0 aromatic heterocycles. The second kappa shape index (κ2) is 4.53. The number of hydrogen-bond donors (Lipinski definition) is 1. The molecule has 0 radical (unpaired) electrons. The maximum Gasteiger partial charge on any atom is 0.143 e. The van der Waals surface area contributed by atoms with E-state index in [0.717, 1.165) is 0 Å². The van der Waals surface area contributed by atoms with Crippen LogP contribution in [0.25, 0.3) is 0 Å². The molecule has 0 heterocycles. The van der Waals surface area contributed by atoms with Gasteiger partial charge < -0.3 is 5.32 Å². The van der Waals surface area contributed by atoms with Crippen molar-refractivity contribution in [3.63, 3.8) is 0 Å². The lowest BCUT2D eigenvalue weighted by atomic mass is 10.4. The SMILES string of the molecule is C=CCNCC(C)=O. The fourth-order valence-electron chi connectivity index (χ4n) is 0.350. The van der Waals surface area contributed by atoms with Crippen molar-refractivity contribution in [2.24, 2.45) is 0 Å². The van der Waals surface area contributed by atoms with Crippen LogP contribution in [0.1, 0.15) is 6.92 Å². The molecular weight excluding hydrogens is 102 g/mol. The smallest absolute Gasteiger partial charge is 0.143 e. The summed E-state index contributed by atoms with van der Waals surface area (Å²) in [4.78, 5) is 10.2. The number of hydrogen-bond acceptors (Lipinski definition) is 2. The molecule has 0 bridgehead atoms. The third-order valence-electron chi connectivity index (χ3n) is 0.663. The second-order valence-corrected chi connectivity index (χ2v) is 1.62. The van der Waals surface area contributed by atoms with Gasteiger partial charge in [-0.3, -0.25) is 4.79 Å². The van der Waals surface area contributed by atoms with Crippen molar-refractivity contribution >= 4 is 5.78 Å². The summed E-state index contributed by atoms with van der Waals surface area (Å²) in [6.45, 7) is 6.19. The number of nitrogens with one attached hydrogen (secondary N) is 1. The molecule has 0 rings (SSSR count). The quantitative estimate of drug-likeness (QED) is 0.421. The van der Waals surface area contributed by atoms with Gasteiger partial charge in [0.15, 0.2) is 0 Å².